The molecule has 0 spiro atoms. The summed E-state index contributed by atoms with van der Waals surface area (Å²) in [5.41, 5.74) is 10.2. The Kier molecular flexibility index (Phi) is 2.33. The van der Waals surface area contributed by atoms with Gasteiger partial charge in [0, 0.05) is 24.0 Å². The predicted molar refractivity (Wildman–Crippen MR) is 58.4 cm³/mol. The Balaban J connectivity index is 2.23. The fourth-order valence-corrected chi connectivity index (χ4v) is 1.94. The van der Waals surface area contributed by atoms with Crippen molar-refractivity contribution >= 4 is 11.4 Å². The molecule has 1 atom stereocenters. The number of fused-ring (bicyclic) bond motifs is 1. The van der Waals surface area contributed by atoms with Gasteiger partial charge < -0.3 is 16.2 Å². The number of nitrogens with two attached hydrogens (primary N) is 1. The van der Waals surface area contributed by atoms with Gasteiger partial charge in [-0.3, -0.25) is 0 Å². The van der Waals surface area contributed by atoms with Crippen LogP contribution in [0.3, 0.4) is 0 Å². The molecule has 0 aromatic heterocycles. The molecule has 76 valence electrons. The normalized spacial score (nSPS) is 19.1. The monoisotopic (exact) mass is 192 g/mol. The molecule has 3 nitrogen and oxygen atoms in total. The van der Waals surface area contributed by atoms with E-state index in [4.69, 9.17) is 10.8 Å². The number of aryl methyl sites for hydroxylation is 1. The van der Waals surface area contributed by atoms with E-state index in [2.05, 4.69) is 11.4 Å². The molecular formula is C11H16N2O. The van der Waals surface area contributed by atoms with Gasteiger partial charge in [-0.1, -0.05) is 0 Å². The fraction of sp³-hybridized carbons (Fsp3) is 0.455. The first-order chi connectivity index (χ1) is 6.70. The zero-order chi connectivity index (χ0) is 10.1. The van der Waals surface area contributed by atoms with Crippen LogP contribution < -0.4 is 11.1 Å². The summed E-state index contributed by atoms with van der Waals surface area (Å²) in [4.78, 5) is 0. The van der Waals surface area contributed by atoms with Gasteiger partial charge in [-0.2, -0.15) is 0 Å². The zero-order valence-electron chi connectivity index (χ0n) is 8.38. The van der Waals surface area contributed by atoms with Crippen molar-refractivity contribution < 1.29 is 5.11 Å². The molecule has 1 aromatic carbocycles. The van der Waals surface area contributed by atoms with Crippen LogP contribution in [0.15, 0.2) is 12.1 Å². The Morgan fingerprint density at radius 3 is 3.07 bits per heavy atom. The molecule has 0 bridgehead atoms. The van der Waals surface area contributed by atoms with Gasteiger partial charge in [-0.05, 0) is 43.0 Å². The first kappa shape index (κ1) is 9.34. The number of aliphatic hydroxyl groups is 1. The van der Waals surface area contributed by atoms with Gasteiger partial charge in [-0.25, -0.2) is 0 Å². The third kappa shape index (κ3) is 1.55. The largest absolute Gasteiger partial charge is 0.399 e. The van der Waals surface area contributed by atoms with Crippen molar-refractivity contribution in [3.8, 4) is 0 Å². The molecule has 14 heavy (non-hydrogen) atoms. The number of anilines is 2. The second-order valence-corrected chi connectivity index (χ2v) is 3.92. The molecule has 1 aliphatic heterocycles. The summed E-state index contributed by atoms with van der Waals surface area (Å²) in [6.45, 7) is 2.25. The maximum atomic E-state index is 8.85. The van der Waals surface area contributed by atoms with Crippen LogP contribution in [-0.2, 0) is 6.42 Å². The molecule has 4 N–H and O–H groups in total. The molecule has 2 rings (SSSR count). The Labute approximate surface area is 83.9 Å². The van der Waals surface area contributed by atoms with E-state index in [1.807, 2.05) is 13.0 Å². The minimum Gasteiger partial charge on any atom is -0.399 e. The summed E-state index contributed by atoms with van der Waals surface area (Å²) >= 11 is 0. The topological polar surface area (TPSA) is 58.3 Å². The number of hydrogen-bond acceptors (Lipinski definition) is 3. The highest BCUT2D eigenvalue weighted by Crippen LogP contribution is 2.30. The predicted octanol–water partition coefficient (Wildman–Crippen LogP) is 1.30. The lowest BCUT2D eigenvalue weighted by molar-refractivity contribution is 0.280. The number of hydrogen-bond donors (Lipinski definition) is 3. The second kappa shape index (κ2) is 3.50. The third-order valence-electron chi connectivity index (χ3n) is 2.80. The minimum atomic E-state index is 0.236. The average molecular weight is 192 g/mol. The Hall–Kier alpha value is -1.22. The highest BCUT2D eigenvalue weighted by atomic mass is 16.3. The van der Waals surface area contributed by atoms with Crippen LogP contribution >= 0.6 is 0 Å². The molecule has 1 heterocycles. The van der Waals surface area contributed by atoms with Crippen molar-refractivity contribution in [2.24, 2.45) is 0 Å². The summed E-state index contributed by atoms with van der Waals surface area (Å²) < 4.78 is 0. The summed E-state index contributed by atoms with van der Waals surface area (Å²) in [6, 6.07) is 4.49. The lowest BCUT2D eigenvalue weighted by atomic mass is 10.1. The molecule has 1 aliphatic rings. The van der Waals surface area contributed by atoms with E-state index in [0.29, 0.717) is 6.04 Å². The first-order valence-electron chi connectivity index (χ1n) is 4.97. The number of nitrogens with one attached hydrogen (secondary N) is 1. The Morgan fingerprint density at radius 2 is 2.36 bits per heavy atom. The smallest absolute Gasteiger partial charge is 0.0450 e. The van der Waals surface area contributed by atoms with E-state index in [-0.39, 0.29) is 6.61 Å². The summed E-state index contributed by atoms with van der Waals surface area (Å²) in [5, 5.41) is 12.2. The lowest BCUT2D eigenvalue weighted by Gasteiger charge is -2.08. The second-order valence-electron chi connectivity index (χ2n) is 3.92. The highest BCUT2D eigenvalue weighted by Gasteiger charge is 2.20. The van der Waals surface area contributed by atoms with Crippen molar-refractivity contribution in [2.45, 2.75) is 25.8 Å². The highest BCUT2D eigenvalue weighted by molar-refractivity contribution is 5.65. The number of aliphatic hydroxyl groups excluding tert-OH is 1. The summed E-state index contributed by atoms with van der Waals surface area (Å²) in [7, 11) is 0. The molecule has 0 saturated carbocycles. The van der Waals surface area contributed by atoms with Crippen molar-refractivity contribution in [3.05, 3.63) is 23.3 Å². The van der Waals surface area contributed by atoms with Gasteiger partial charge in [0.15, 0.2) is 0 Å². The Bertz CT molecular complexity index is 318. The number of rotatable bonds is 2. The Morgan fingerprint density at radius 1 is 1.57 bits per heavy atom. The quantitative estimate of drug-likeness (QED) is 0.619. The maximum absolute atomic E-state index is 8.85. The van der Waals surface area contributed by atoms with Crippen molar-refractivity contribution in [3.63, 3.8) is 0 Å². The lowest BCUT2D eigenvalue weighted by Crippen LogP contribution is -2.16. The zero-order valence-corrected chi connectivity index (χ0v) is 8.38. The van der Waals surface area contributed by atoms with Gasteiger partial charge in [0.25, 0.3) is 0 Å². The minimum absolute atomic E-state index is 0.236. The molecule has 0 amide bonds. The van der Waals surface area contributed by atoms with Gasteiger partial charge in [0.1, 0.15) is 0 Å². The average Bonchev–Trinajstić information content (AvgIpc) is 2.48. The van der Waals surface area contributed by atoms with Crippen LogP contribution in [-0.4, -0.2) is 17.8 Å². The maximum Gasteiger partial charge on any atom is 0.0450 e. The van der Waals surface area contributed by atoms with Crippen LogP contribution in [0.1, 0.15) is 17.5 Å². The van der Waals surface area contributed by atoms with Crippen LogP contribution in [0.4, 0.5) is 11.4 Å². The van der Waals surface area contributed by atoms with Crippen LogP contribution in [0.5, 0.6) is 0 Å². The standard InChI is InChI=1S/C11H16N2O/c1-7-4-11-8(6-10(7)12)5-9(13-11)2-3-14/h4,6,9,13-14H,2-3,5,12H2,1H3. The summed E-state index contributed by atoms with van der Waals surface area (Å²) in [6.07, 6.45) is 1.77. The van der Waals surface area contributed by atoms with E-state index < -0.39 is 0 Å². The SMILES string of the molecule is Cc1cc2c(cc1N)CC(CCO)N2. The fourth-order valence-electron chi connectivity index (χ4n) is 1.94. The molecule has 3 heteroatoms. The third-order valence-corrected chi connectivity index (χ3v) is 2.80. The molecule has 0 saturated heterocycles. The van der Waals surface area contributed by atoms with Crippen LogP contribution in [0.25, 0.3) is 0 Å². The van der Waals surface area contributed by atoms with E-state index in [1.54, 1.807) is 0 Å². The van der Waals surface area contributed by atoms with E-state index >= 15 is 0 Å². The molecule has 0 aliphatic carbocycles. The molecule has 0 fully saturated rings. The number of benzene rings is 1. The molecular weight excluding hydrogens is 176 g/mol. The molecule has 1 aromatic rings. The van der Waals surface area contributed by atoms with Crippen molar-refractivity contribution in [1.82, 2.24) is 0 Å². The molecule has 0 radical (unpaired) electrons. The van der Waals surface area contributed by atoms with Gasteiger partial charge in [-0.15, -0.1) is 0 Å². The van der Waals surface area contributed by atoms with Gasteiger partial charge in [0.05, 0.1) is 0 Å². The molecule has 1 unspecified atom stereocenters. The van der Waals surface area contributed by atoms with Crippen LogP contribution in [0.2, 0.25) is 0 Å². The van der Waals surface area contributed by atoms with E-state index in [1.165, 1.54) is 11.3 Å². The van der Waals surface area contributed by atoms with Gasteiger partial charge in [0.2, 0.25) is 0 Å². The van der Waals surface area contributed by atoms with E-state index in [9.17, 15) is 0 Å². The summed E-state index contributed by atoms with van der Waals surface area (Å²) in [5.74, 6) is 0. The van der Waals surface area contributed by atoms with E-state index in [0.717, 1.165) is 24.1 Å². The van der Waals surface area contributed by atoms with Crippen molar-refractivity contribution in [2.75, 3.05) is 17.7 Å². The van der Waals surface area contributed by atoms with Gasteiger partial charge >= 0.3 is 0 Å². The first-order valence-corrected chi connectivity index (χ1v) is 4.97. The van der Waals surface area contributed by atoms with Crippen molar-refractivity contribution in [1.29, 1.82) is 0 Å². The van der Waals surface area contributed by atoms with Crippen LogP contribution in [0, 0.1) is 6.92 Å². The number of nitrogen functional groups attached to an aromatic ring is 1.